The first-order valence-electron chi connectivity index (χ1n) is 4.05. The molecule has 0 saturated carbocycles. The van der Waals surface area contributed by atoms with Gasteiger partial charge in [0.2, 0.25) is 9.05 Å². The Kier molecular flexibility index (Phi) is 3.37. The fourth-order valence-corrected chi connectivity index (χ4v) is 2.55. The summed E-state index contributed by atoms with van der Waals surface area (Å²) < 4.78 is 26.8. The molecule has 1 saturated heterocycles. The van der Waals surface area contributed by atoms with Crippen LogP contribution in [0.25, 0.3) is 0 Å². The van der Waals surface area contributed by atoms with Gasteiger partial charge in [-0.05, 0) is 26.2 Å². The Balaban J connectivity index is 2.43. The molecule has 1 heterocycles. The van der Waals surface area contributed by atoms with Crippen LogP contribution in [0.15, 0.2) is 0 Å². The topological polar surface area (TPSA) is 43.4 Å². The van der Waals surface area contributed by atoms with Crippen LogP contribution in [-0.4, -0.2) is 26.4 Å². The van der Waals surface area contributed by atoms with Crippen molar-refractivity contribution in [2.45, 2.75) is 38.4 Å². The Morgan fingerprint density at radius 3 is 2.67 bits per heavy atom. The number of rotatable bonds is 2. The van der Waals surface area contributed by atoms with Gasteiger partial charge in [0.05, 0.1) is 18.0 Å². The molecule has 2 atom stereocenters. The fourth-order valence-electron chi connectivity index (χ4n) is 1.44. The summed E-state index contributed by atoms with van der Waals surface area (Å²) in [7, 11) is 1.71. The summed E-state index contributed by atoms with van der Waals surface area (Å²) in [5.74, 6) is -0.0567. The van der Waals surface area contributed by atoms with Gasteiger partial charge < -0.3 is 4.74 Å². The van der Waals surface area contributed by atoms with Crippen LogP contribution in [0, 0.1) is 0 Å². The van der Waals surface area contributed by atoms with Crippen LogP contribution in [0.2, 0.25) is 0 Å². The normalized spacial score (nSPS) is 31.8. The molecule has 0 aromatic carbocycles. The molecule has 2 unspecified atom stereocenters. The Labute approximate surface area is 77.5 Å². The van der Waals surface area contributed by atoms with Crippen LogP contribution >= 0.6 is 10.7 Å². The van der Waals surface area contributed by atoms with Gasteiger partial charge in [0, 0.05) is 10.7 Å². The van der Waals surface area contributed by atoms with Crippen LogP contribution in [0.4, 0.5) is 0 Å². The highest BCUT2D eigenvalue weighted by molar-refractivity contribution is 8.13. The molecule has 0 aliphatic carbocycles. The predicted molar refractivity (Wildman–Crippen MR) is 47.8 cm³/mol. The van der Waals surface area contributed by atoms with Gasteiger partial charge in [0.1, 0.15) is 0 Å². The highest BCUT2D eigenvalue weighted by Gasteiger charge is 2.23. The van der Waals surface area contributed by atoms with E-state index in [1.54, 1.807) is 0 Å². The third kappa shape index (κ3) is 3.74. The molecular formula is C7H13ClO3S. The van der Waals surface area contributed by atoms with Crippen LogP contribution in [-0.2, 0) is 13.8 Å². The van der Waals surface area contributed by atoms with Crippen molar-refractivity contribution in [1.82, 2.24) is 0 Å². The summed E-state index contributed by atoms with van der Waals surface area (Å²) in [6.45, 7) is 1.95. The van der Waals surface area contributed by atoms with Crippen molar-refractivity contribution in [3.63, 3.8) is 0 Å². The predicted octanol–water partition coefficient (Wildman–Crippen LogP) is 1.51. The molecule has 12 heavy (non-hydrogen) atoms. The molecule has 72 valence electrons. The van der Waals surface area contributed by atoms with E-state index < -0.39 is 9.05 Å². The molecule has 1 aliphatic rings. The zero-order valence-corrected chi connectivity index (χ0v) is 8.57. The van der Waals surface area contributed by atoms with Crippen LogP contribution < -0.4 is 0 Å². The number of hydrogen-bond acceptors (Lipinski definition) is 3. The van der Waals surface area contributed by atoms with Gasteiger partial charge in [0.25, 0.3) is 0 Å². The molecule has 0 spiro atoms. The fraction of sp³-hybridized carbons (Fsp3) is 1.00. The second-order valence-electron chi connectivity index (χ2n) is 3.21. The minimum Gasteiger partial charge on any atom is -0.374 e. The summed E-state index contributed by atoms with van der Waals surface area (Å²) >= 11 is 0. The zero-order valence-electron chi connectivity index (χ0n) is 6.99. The minimum absolute atomic E-state index is 0.0567. The summed E-state index contributed by atoms with van der Waals surface area (Å²) in [6, 6.07) is 0. The van der Waals surface area contributed by atoms with Crippen molar-refractivity contribution in [3.8, 4) is 0 Å². The maximum atomic E-state index is 10.7. The van der Waals surface area contributed by atoms with E-state index in [1.807, 2.05) is 6.92 Å². The van der Waals surface area contributed by atoms with E-state index in [1.165, 1.54) is 0 Å². The lowest BCUT2D eigenvalue weighted by molar-refractivity contribution is -0.0272. The maximum absolute atomic E-state index is 10.7. The van der Waals surface area contributed by atoms with Gasteiger partial charge in [-0.15, -0.1) is 0 Å². The van der Waals surface area contributed by atoms with Gasteiger partial charge in [-0.2, -0.15) is 0 Å². The van der Waals surface area contributed by atoms with Crippen molar-refractivity contribution in [2.75, 3.05) is 5.75 Å². The average molecular weight is 213 g/mol. The molecule has 0 bridgehead atoms. The van der Waals surface area contributed by atoms with Gasteiger partial charge in [0.15, 0.2) is 0 Å². The lowest BCUT2D eigenvalue weighted by atomic mass is 10.1. The summed E-state index contributed by atoms with van der Waals surface area (Å²) in [6.07, 6.45) is 2.81. The molecule has 0 amide bonds. The number of halogens is 1. The van der Waals surface area contributed by atoms with E-state index in [4.69, 9.17) is 15.4 Å². The highest BCUT2D eigenvalue weighted by atomic mass is 35.7. The molecule has 0 aromatic rings. The highest BCUT2D eigenvalue weighted by Crippen LogP contribution is 2.20. The average Bonchev–Trinajstić information content (AvgIpc) is 1.82. The van der Waals surface area contributed by atoms with E-state index in [-0.39, 0.29) is 18.0 Å². The lowest BCUT2D eigenvalue weighted by Gasteiger charge is -2.26. The van der Waals surface area contributed by atoms with Gasteiger partial charge in [-0.1, -0.05) is 0 Å². The summed E-state index contributed by atoms with van der Waals surface area (Å²) in [5.41, 5.74) is 0. The van der Waals surface area contributed by atoms with Crippen LogP contribution in [0.5, 0.6) is 0 Å². The Morgan fingerprint density at radius 2 is 2.17 bits per heavy atom. The van der Waals surface area contributed by atoms with E-state index in [0.717, 1.165) is 19.3 Å². The lowest BCUT2D eigenvalue weighted by Crippen LogP contribution is -2.30. The van der Waals surface area contributed by atoms with Crippen molar-refractivity contribution in [2.24, 2.45) is 0 Å². The molecule has 3 nitrogen and oxygen atoms in total. The molecule has 0 aromatic heterocycles. The van der Waals surface area contributed by atoms with E-state index in [0.29, 0.717) is 0 Å². The molecule has 5 heteroatoms. The number of hydrogen-bond donors (Lipinski definition) is 0. The third-order valence-corrected chi connectivity index (χ3v) is 3.09. The molecule has 0 N–H and O–H groups in total. The summed E-state index contributed by atoms with van der Waals surface area (Å²) in [4.78, 5) is 0. The molecule has 0 radical (unpaired) electrons. The zero-order chi connectivity index (χ0) is 9.19. The first-order valence-corrected chi connectivity index (χ1v) is 6.53. The van der Waals surface area contributed by atoms with Crippen molar-refractivity contribution >= 4 is 19.7 Å². The van der Waals surface area contributed by atoms with Crippen LogP contribution in [0.3, 0.4) is 0 Å². The largest absolute Gasteiger partial charge is 0.374 e. The minimum atomic E-state index is -3.40. The van der Waals surface area contributed by atoms with Gasteiger partial charge in [-0.25, -0.2) is 8.42 Å². The first-order chi connectivity index (χ1) is 5.47. The Bertz CT molecular complexity index is 237. The van der Waals surface area contributed by atoms with Crippen molar-refractivity contribution in [1.29, 1.82) is 0 Å². The molecule has 1 aliphatic heterocycles. The monoisotopic (exact) mass is 212 g/mol. The Hall–Kier alpha value is 0.200. The van der Waals surface area contributed by atoms with Gasteiger partial charge >= 0.3 is 0 Å². The van der Waals surface area contributed by atoms with Crippen molar-refractivity contribution < 1.29 is 13.2 Å². The maximum Gasteiger partial charge on any atom is 0.235 e. The molecule has 1 rings (SSSR count). The summed E-state index contributed by atoms with van der Waals surface area (Å²) in [5, 5.41) is 0. The smallest absolute Gasteiger partial charge is 0.235 e. The van der Waals surface area contributed by atoms with E-state index in [2.05, 4.69) is 0 Å². The third-order valence-electron chi connectivity index (χ3n) is 1.95. The second kappa shape index (κ2) is 3.94. The van der Waals surface area contributed by atoms with E-state index >= 15 is 0 Å². The van der Waals surface area contributed by atoms with Crippen molar-refractivity contribution in [3.05, 3.63) is 0 Å². The van der Waals surface area contributed by atoms with Gasteiger partial charge in [-0.3, -0.25) is 0 Å². The van der Waals surface area contributed by atoms with E-state index in [9.17, 15) is 8.42 Å². The standard InChI is InChI=1S/C7H13ClO3S/c1-6-3-2-4-7(11-6)5-12(8,9)10/h6-7H,2-5H2,1H3. The first kappa shape index (κ1) is 10.3. The molecule has 1 fully saturated rings. The quantitative estimate of drug-likeness (QED) is 0.652. The Morgan fingerprint density at radius 1 is 1.50 bits per heavy atom. The molecular weight excluding hydrogens is 200 g/mol. The SMILES string of the molecule is CC1CCCC(CS(=O)(=O)Cl)O1. The number of ether oxygens (including phenoxy) is 1. The second-order valence-corrected chi connectivity index (χ2v) is 6.03. The van der Waals surface area contributed by atoms with Crippen LogP contribution in [0.1, 0.15) is 26.2 Å².